The summed E-state index contributed by atoms with van der Waals surface area (Å²) in [5.74, 6) is 1.57. The maximum Gasteiger partial charge on any atom is 0.231 e. The molecule has 1 aromatic carbocycles. The van der Waals surface area contributed by atoms with Crippen LogP contribution in [0.3, 0.4) is 0 Å². The molecule has 1 aliphatic carbocycles. The Kier molecular flexibility index (Phi) is 2.81. The summed E-state index contributed by atoms with van der Waals surface area (Å²) in [4.78, 5) is 0. The van der Waals surface area contributed by atoms with Crippen LogP contribution in [0.25, 0.3) is 0 Å². The zero-order valence-electron chi connectivity index (χ0n) is 9.69. The lowest BCUT2D eigenvalue weighted by atomic mass is 9.92. The molecule has 0 radical (unpaired) electrons. The molecule has 0 saturated heterocycles. The summed E-state index contributed by atoms with van der Waals surface area (Å²) in [6.45, 7) is 0.296. The molecule has 92 valence electrons. The third-order valence-corrected chi connectivity index (χ3v) is 3.45. The summed E-state index contributed by atoms with van der Waals surface area (Å²) in [6.07, 6.45) is 3.98. The van der Waals surface area contributed by atoms with Crippen molar-refractivity contribution in [1.82, 2.24) is 0 Å². The highest BCUT2D eigenvalue weighted by atomic mass is 16.7. The van der Waals surface area contributed by atoms with Gasteiger partial charge >= 0.3 is 0 Å². The van der Waals surface area contributed by atoms with E-state index < -0.39 is 0 Å². The van der Waals surface area contributed by atoms with E-state index in [0.717, 1.165) is 36.4 Å². The minimum atomic E-state index is -0.242. The molecule has 1 aromatic rings. The first-order valence-corrected chi connectivity index (χ1v) is 6.17. The molecule has 2 aliphatic rings. The van der Waals surface area contributed by atoms with Gasteiger partial charge in [0.25, 0.3) is 0 Å². The summed E-state index contributed by atoms with van der Waals surface area (Å²) < 4.78 is 10.6. The van der Waals surface area contributed by atoms with Gasteiger partial charge in [0.05, 0.1) is 12.1 Å². The van der Waals surface area contributed by atoms with E-state index in [1.54, 1.807) is 0 Å². The Bertz CT molecular complexity index is 408. The van der Waals surface area contributed by atoms with Gasteiger partial charge in [-0.2, -0.15) is 0 Å². The third kappa shape index (κ3) is 2.17. The van der Waals surface area contributed by atoms with Crippen molar-refractivity contribution in [2.45, 2.75) is 37.8 Å². The first-order chi connectivity index (χ1) is 8.33. The summed E-state index contributed by atoms with van der Waals surface area (Å²) in [7, 11) is 0. The fraction of sp³-hybridized carbons (Fsp3) is 0.538. The predicted octanol–water partition coefficient (Wildman–Crippen LogP) is 2.13. The fourth-order valence-electron chi connectivity index (χ4n) is 2.48. The molecule has 1 saturated carbocycles. The smallest absolute Gasteiger partial charge is 0.231 e. The summed E-state index contributed by atoms with van der Waals surface area (Å²) in [6, 6.07) is 5.96. The number of aliphatic hydroxyl groups is 1. The van der Waals surface area contributed by atoms with Crippen LogP contribution in [-0.4, -0.2) is 24.0 Å². The van der Waals surface area contributed by atoms with Crippen LogP contribution in [0.4, 0.5) is 5.69 Å². The van der Waals surface area contributed by atoms with Crippen LogP contribution in [0.5, 0.6) is 11.5 Å². The first kappa shape index (κ1) is 10.7. The first-order valence-electron chi connectivity index (χ1n) is 6.17. The highest BCUT2D eigenvalue weighted by Crippen LogP contribution is 2.35. The van der Waals surface area contributed by atoms with Crippen LogP contribution in [0.1, 0.15) is 25.7 Å². The lowest BCUT2D eigenvalue weighted by Gasteiger charge is -2.29. The van der Waals surface area contributed by atoms with Gasteiger partial charge in [0.1, 0.15) is 0 Å². The largest absolute Gasteiger partial charge is 0.454 e. The van der Waals surface area contributed by atoms with Gasteiger partial charge < -0.3 is 19.9 Å². The number of ether oxygens (including phenoxy) is 2. The Morgan fingerprint density at radius 2 is 1.94 bits per heavy atom. The lowest BCUT2D eigenvalue weighted by Crippen LogP contribution is -2.36. The molecule has 2 atom stereocenters. The Morgan fingerprint density at radius 1 is 1.12 bits per heavy atom. The van der Waals surface area contributed by atoms with Crippen molar-refractivity contribution in [3.8, 4) is 11.5 Å². The molecule has 0 unspecified atom stereocenters. The average Bonchev–Trinajstić information content (AvgIpc) is 2.79. The highest BCUT2D eigenvalue weighted by molar-refractivity contribution is 5.56. The number of nitrogens with one attached hydrogen (secondary N) is 1. The second-order valence-electron chi connectivity index (χ2n) is 4.67. The van der Waals surface area contributed by atoms with Crippen LogP contribution in [0.2, 0.25) is 0 Å². The standard InChI is InChI=1S/C13H17NO3/c15-11-4-2-1-3-10(11)14-9-5-6-12-13(7-9)17-8-16-12/h5-7,10-11,14-15H,1-4,8H2/t10-,11-/m1/s1. The molecular weight excluding hydrogens is 218 g/mol. The molecule has 4 heteroatoms. The minimum absolute atomic E-state index is 0.157. The molecule has 1 fully saturated rings. The van der Waals surface area contributed by atoms with Crippen LogP contribution in [-0.2, 0) is 0 Å². The highest BCUT2D eigenvalue weighted by Gasteiger charge is 2.23. The van der Waals surface area contributed by atoms with Crippen molar-refractivity contribution in [3.63, 3.8) is 0 Å². The Balaban J connectivity index is 1.72. The molecular formula is C13H17NO3. The van der Waals surface area contributed by atoms with Gasteiger partial charge in [-0.15, -0.1) is 0 Å². The molecule has 0 bridgehead atoms. The Hall–Kier alpha value is -1.42. The van der Waals surface area contributed by atoms with Gasteiger partial charge in [0, 0.05) is 11.8 Å². The van der Waals surface area contributed by atoms with E-state index in [1.807, 2.05) is 18.2 Å². The van der Waals surface area contributed by atoms with E-state index >= 15 is 0 Å². The van der Waals surface area contributed by atoms with E-state index in [0.29, 0.717) is 6.79 Å². The van der Waals surface area contributed by atoms with Crippen LogP contribution in [0, 0.1) is 0 Å². The van der Waals surface area contributed by atoms with Gasteiger partial charge in [-0.25, -0.2) is 0 Å². The van der Waals surface area contributed by atoms with E-state index in [4.69, 9.17) is 9.47 Å². The number of rotatable bonds is 2. The van der Waals surface area contributed by atoms with Crippen LogP contribution >= 0.6 is 0 Å². The van der Waals surface area contributed by atoms with Crippen molar-refractivity contribution >= 4 is 5.69 Å². The normalized spacial score (nSPS) is 26.9. The third-order valence-electron chi connectivity index (χ3n) is 3.45. The lowest BCUT2D eigenvalue weighted by molar-refractivity contribution is 0.116. The van der Waals surface area contributed by atoms with Gasteiger partial charge in [-0.3, -0.25) is 0 Å². The summed E-state index contributed by atoms with van der Waals surface area (Å²) in [5.41, 5.74) is 0.986. The van der Waals surface area contributed by atoms with Crippen molar-refractivity contribution in [2.75, 3.05) is 12.1 Å². The van der Waals surface area contributed by atoms with Gasteiger partial charge in [-0.05, 0) is 25.0 Å². The van der Waals surface area contributed by atoms with E-state index in [-0.39, 0.29) is 12.1 Å². The topological polar surface area (TPSA) is 50.7 Å². The van der Waals surface area contributed by atoms with Crippen LogP contribution < -0.4 is 14.8 Å². The number of hydrogen-bond donors (Lipinski definition) is 2. The Morgan fingerprint density at radius 3 is 2.82 bits per heavy atom. The molecule has 0 amide bonds. The number of aliphatic hydroxyl groups excluding tert-OH is 1. The number of hydrogen-bond acceptors (Lipinski definition) is 4. The quantitative estimate of drug-likeness (QED) is 0.824. The zero-order valence-corrected chi connectivity index (χ0v) is 9.69. The second-order valence-corrected chi connectivity index (χ2v) is 4.67. The fourth-order valence-corrected chi connectivity index (χ4v) is 2.48. The van der Waals surface area contributed by atoms with Crippen LogP contribution in [0.15, 0.2) is 18.2 Å². The molecule has 0 spiro atoms. The van der Waals surface area contributed by atoms with E-state index in [9.17, 15) is 5.11 Å². The Labute approximate surface area is 101 Å². The average molecular weight is 235 g/mol. The maximum atomic E-state index is 9.91. The predicted molar refractivity (Wildman–Crippen MR) is 64.5 cm³/mol. The maximum absolute atomic E-state index is 9.91. The molecule has 4 nitrogen and oxygen atoms in total. The van der Waals surface area contributed by atoms with Crippen molar-refractivity contribution in [1.29, 1.82) is 0 Å². The second kappa shape index (κ2) is 4.45. The van der Waals surface area contributed by atoms with E-state index in [1.165, 1.54) is 6.42 Å². The van der Waals surface area contributed by atoms with E-state index in [2.05, 4.69) is 5.32 Å². The molecule has 3 rings (SSSR count). The van der Waals surface area contributed by atoms with Crippen molar-refractivity contribution < 1.29 is 14.6 Å². The van der Waals surface area contributed by atoms with Gasteiger partial charge in [0.2, 0.25) is 6.79 Å². The molecule has 17 heavy (non-hydrogen) atoms. The number of fused-ring (bicyclic) bond motifs is 1. The number of benzene rings is 1. The molecule has 1 heterocycles. The monoisotopic (exact) mass is 235 g/mol. The number of anilines is 1. The zero-order chi connectivity index (χ0) is 11.7. The summed E-state index contributed by atoms with van der Waals surface area (Å²) in [5, 5.41) is 13.3. The van der Waals surface area contributed by atoms with Gasteiger partial charge in [0.15, 0.2) is 11.5 Å². The molecule has 1 aliphatic heterocycles. The van der Waals surface area contributed by atoms with Crippen molar-refractivity contribution in [2.24, 2.45) is 0 Å². The SMILES string of the molecule is O[C@@H]1CCCC[C@H]1Nc1ccc2c(c1)OCO2. The molecule has 0 aromatic heterocycles. The molecule has 2 N–H and O–H groups in total. The van der Waals surface area contributed by atoms with Gasteiger partial charge in [-0.1, -0.05) is 12.8 Å². The summed E-state index contributed by atoms with van der Waals surface area (Å²) >= 11 is 0. The van der Waals surface area contributed by atoms with Crippen molar-refractivity contribution in [3.05, 3.63) is 18.2 Å². The minimum Gasteiger partial charge on any atom is -0.454 e.